The molecule has 0 saturated carbocycles. The second-order valence-electron chi connectivity index (χ2n) is 3.93. The average Bonchev–Trinajstić information content (AvgIpc) is 2.78. The van der Waals surface area contributed by atoms with Gasteiger partial charge in [0.05, 0.1) is 19.8 Å². The van der Waals surface area contributed by atoms with Gasteiger partial charge in [0.1, 0.15) is 0 Å². The van der Waals surface area contributed by atoms with Crippen molar-refractivity contribution < 1.29 is 9.47 Å². The summed E-state index contributed by atoms with van der Waals surface area (Å²) < 4.78 is 12.0. The van der Waals surface area contributed by atoms with Gasteiger partial charge in [-0.05, 0) is 18.6 Å². The molecule has 2 aromatic rings. The van der Waals surface area contributed by atoms with Gasteiger partial charge in [-0.3, -0.25) is 0 Å². The van der Waals surface area contributed by atoms with Crippen molar-refractivity contribution in [3.05, 3.63) is 23.9 Å². The van der Waals surface area contributed by atoms with Crippen LogP contribution < -0.4 is 5.32 Å². The summed E-state index contributed by atoms with van der Waals surface area (Å²) in [5.74, 6) is 0.625. The summed E-state index contributed by atoms with van der Waals surface area (Å²) in [5, 5.41) is 7.45. The molecule has 98 valence electrons. The summed E-state index contributed by atoms with van der Waals surface area (Å²) in [6.07, 6.45) is 1.88. The van der Waals surface area contributed by atoms with Crippen LogP contribution in [-0.4, -0.2) is 48.1 Å². The smallest absolute Gasteiger partial charge is 0.243 e. The fraction of sp³-hybridized carbons (Fsp3) is 0.500. The Labute approximate surface area is 106 Å². The van der Waals surface area contributed by atoms with Crippen molar-refractivity contribution in [2.24, 2.45) is 0 Å². The molecule has 0 aliphatic rings. The Hall–Kier alpha value is -1.66. The first-order valence-electron chi connectivity index (χ1n) is 5.94. The minimum Gasteiger partial charge on any atom is -0.382 e. The third-order valence-electron chi connectivity index (χ3n) is 2.52. The molecule has 1 N–H and O–H groups in total. The van der Waals surface area contributed by atoms with E-state index < -0.39 is 0 Å². The third kappa shape index (κ3) is 3.18. The molecule has 0 unspecified atom stereocenters. The van der Waals surface area contributed by atoms with Crippen molar-refractivity contribution in [1.82, 2.24) is 14.6 Å². The van der Waals surface area contributed by atoms with Gasteiger partial charge in [0.25, 0.3) is 0 Å². The topological polar surface area (TPSA) is 60.7 Å². The molecule has 2 aromatic heterocycles. The summed E-state index contributed by atoms with van der Waals surface area (Å²) in [4.78, 5) is 4.41. The number of nitrogens with zero attached hydrogens (tertiary/aromatic N) is 3. The number of methoxy groups -OCH3 is 1. The Balaban J connectivity index is 1.83. The Kier molecular flexibility index (Phi) is 4.49. The lowest BCUT2D eigenvalue weighted by molar-refractivity contribution is 0.0759. The first kappa shape index (κ1) is 12.8. The Morgan fingerprint density at radius 3 is 3.00 bits per heavy atom. The van der Waals surface area contributed by atoms with Crippen LogP contribution in [0.5, 0.6) is 0 Å². The summed E-state index contributed by atoms with van der Waals surface area (Å²) in [7, 11) is 1.66. The largest absolute Gasteiger partial charge is 0.382 e. The van der Waals surface area contributed by atoms with E-state index in [1.165, 1.54) is 0 Å². The van der Waals surface area contributed by atoms with Crippen molar-refractivity contribution >= 4 is 11.6 Å². The zero-order valence-electron chi connectivity index (χ0n) is 10.7. The highest BCUT2D eigenvalue weighted by atomic mass is 16.5. The van der Waals surface area contributed by atoms with Crippen LogP contribution in [0.2, 0.25) is 0 Å². The average molecular weight is 250 g/mol. The van der Waals surface area contributed by atoms with E-state index in [2.05, 4.69) is 15.4 Å². The minimum atomic E-state index is 0.607. The second kappa shape index (κ2) is 6.32. The van der Waals surface area contributed by atoms with Gasteiger partial charge in [0.15, 0.2) is 5.65 Å². The van der Waals surface area contributed by atoms with Crippen LogP contribution in [0.3, 0.4) is 0 Å². The predicted molar refractivity (Wildman–Crippen MR) is 68.9 cm³/mol. The molecule has 0 aliphatic heterocycles. The lowest BCUT2D eigenvalue weighted by Crippen LogP contribution is -2.12. The van der Waals surface area contributed by atoms with Crippen LogP contribution in [0.25, 0.3) is 5.65 Å². The maximum atomic E-state index is 5.34. The molecule has 0 aliphatic carbocycles. The number of anilines is 1. The number of aromatic nitrogens is 3. The van der Waals surface area contributed by atoms with Gasteiger partial charge in [-0.2, -0.15) is 4.98 Å². The van der Waals surface area contributed by atoms with Crippen molar-refractivity contribution in [3.8, 4) is 0 Å². The van der Waals surface area contributed by atoms with Gasteiger partial charge in [-0.1, -0.05) is 6.07 Å². The van der Waals surface area contributed by atoms with Crippen molar-refractivity contribution in [3.63, 3.8) is 0 Å². The van der Waals surface area contributed by atoms with Crippen LogP contribution in [0.1, 0.15) is 5.56 Å². The van der Waals surface area contributed by atoms with E-state index in [4.69, 9.17) is 9.47 Å². The summed E-state index contributed by atoms with van der Waals surface area (Å²) in [6, 6.07) is 3.97. The highest BCUT2D eigenvalue weighted by Gasteiger charge is 2.04. The molecule has 6 heteroatoms. The fourth-order valence-electron chi connectivity index (χ4n) is 1.59. The molecular weight excluding hydrogens is 232 g/mol. The van der Waals surface area contributed by atoms with Gasteiger partial charge in [0.2, 0.25) is 5.95 Å². The van der Waals surface area contributed by atoms with Crippen LogP contribution in [0, 0.1) is 6.92 Å². The van der Waals surface area contributed by atoms with Crippen LogP contribution in [-0.2, 0) is 9.47 Å². The van der Waals surface area contributed by atoms with Crippen molar-refractivity contribution in [2.45, 2.75) is 6.92 Å². The van der Waals surface area contributed by atoms with Crippen LogP contribution >= 0.6 is 0 Å². The van der Waals surface area contributed by atoms with Gasteiger partial charge in [-0.15, -0.1) is 5.10 Å². The lowest BCUT2D eigenvalue weighted by atomic mass is 10.3. The highest BCUT2D eigenvalue weighted by Crippen LogP contribution is 2.09. The summed E-state index contributed by atoms with van der Waals surface area (Å²) >= 11 is 0. The van der Waals surface area contributed by atoms with Crippen molar-refractivity contribution in [2.75, 3.05) is 38.8 Å². The normalized spacial score (nSPS) is 11.0. The lowest BCUT2D eigenvalue weighted by Gasteiger charge is -2.03. The zero-order valence-corrected chi connectivity index (χ0v) is 10.7. The van der Waals surface area contributed by atoms with Crippen LogP contribution in [0.4, 0.5) is 5.95 Å². The summed E-state index contributed by atoms with van der Waals surface area (Å²) in [6.45, 7) is 4.53. The SMILES string of the molecule is COCCOCCNc1nc2c(C)cccn2n1. The fourth-order valence-corrected chi connectivity index (χ4v) is 1.59. The maximum Gasteiger partial charge on any atom is 0.243 e. The van der Waals surface area contributed by atoms with Crippen LogP contribution in [0.15, 0.2) is 18.3 Å². The zero-order chi connectivity index (χ0) is 12.8. The van der Waals surface area contributed by atoms with E-state index in [0.717, 1.165) is 11.2 Å². The minimum absolute atomic E-state index is 0.607. The maximum absolute atomic E-state index is 5.34. The van der Waals surface area contributed by atoms with E-state index in [1.54, 1.807) is 11.6 Å². The number of nitrogens with one attached hydrogen (secondary N) is 1. The third-order valence-corrected chi connectivity index (χ3v) is 2.52. The molecule has 0 aromatic carbocycles. The number of rotatable bonds is 7. The Morgan fingerprint density at radius 1 is 1.33 bits per heavy atom. The molecule has 18 heavy (non-hydrogen) atoms. The number of aryl methyl sites for hydroxylation is 1. The molecule has 0 saturated heterocycles. The number of fused-ring (bicyclic) bond motifs is 1. The molecule has 0 bridgehead atoms. The number of ether oxygens (including phenoxy) is 2. The molecule has 6 nitrogen and oxygen atoms in total. The first-order valence-corrected chi connectivity index (χ1v) is 5.94. The van der Waals surface area contributed by atoms with E-state index >= 15 is 0 Å². The Morgan fingerprint density at radius 2 is 2.22 bits per heavy atom. The Bertz CT molecular complexity index is 498. The van der Waals surface area contributed by atoms with E-state index in [0.29, 0.717) is 32.3 Å². The van der Waals surface area contributed by atoms with Gasteiger partial charge in [0, 0.05) is 19.9 Å². The number of hydrogen-bond donors (Lipinski definition) is 1. The first-order chi connectivity index (χ1) is 8.81. The molecule has 0 spiro atoms. The van der Waals surface area contributed by atoms with Gasteiger partial charge in [-0.25, -0.2) is 4.52 Å². The number of pyridine rings is 1. The van der Waals surface area contributed by atoms with Crippen molar-refractivity contribution in [1.29, 1.82) is 0 Å². The molecular formula is C12H18N4O2. The molecule has 0 atom stereocenters. The highest BCUT2D eigenvalue weighted by molar-refractivity contribution is 5.49. The van der Waals surface area contributed by atoms with Gasteiger partial charge < -0.3 is 14.8 Å². The quantitative estimate of drug-likeness (QED) is 0.746. The molecule has 2 rings (SSSR count). The van der Waals surface area contributed by atoms with E-state index in [1.807, 2.05) is 25.3 Å². The number of hydrogen-bond acceptors (Lipinski definition) is 5. The standard InChI is InChI=1S/C12H18N4O2/c1-10-4-3-6-16-11(10)14-12(15-16)13-5-7-18-9-8-17-2/h3-4,6H,5,7-9H2,1-2H3,(H,13,15). The summed E-state index contributed by atoms with van der Waals surface area (Å²) in [5.41, 5.74) is 1.98. The molecule has 0 fully saturated rings. The molecule has 2 heterocycles. The van der Waals surface area contributed by atoms with E-state index in [-0.39, 0.29) is 0 Å². The predicted octanol–water partition coefficient (Wildman–Crippen LogP) is 1.11. The van der Waals surface area contributed by atoms with E-state index in [9.17, 15) is 0 Å². The van der Waals surface area contributed by atoms with Gasteiger partial charge >= 0.3 is 0 Å². The molecule has 0 amide bonds. The second-order valence-corrected chi connectivity index (χ2v) is 3.93. The molecule has 0 radical (unpaired) electrons. The monoisotopic (exact) mass is 250 g/mol.